The molecule has 0 saturated heterocycles. The molecule has 18 heavy (non-hydrogen) atoms. The standard InChI is InChI=1S/C14H23NO3/c1-5-18-10-11(2)15-9-12-6-7-13(16-3)14(8-12)17-4/h6-8,11,15H,5,9-10H2,1-4H3. The molecular weight excluding hydrogens is 230 g/mol. The number of nitrogens with one attached hydrogen (secondary N) is 1. The van der Waals surface area contributed by atoms with Gasteiger partial charge in [-0.3, -0.25) is 0 Å². The second-order valence-corrected chi connectivity index (χ2v) is 4.13. The van der Waals surface area contributed by atoms with Crippen LogP contribution in [0.2, 0.25) is 0 Å². The SMILES string of the molecule is CCOCC(C)NCc1ccc(OC)c(OC)c1. The van der Waals surface area contributed by atoms with Gasteiger partial charge in [-0.15, -0.1) is 0 Å². The van der Waals surface area contributed by atoms with Crippen LogP contribution >= 0.6 is 0 Å². The van der Waals surface area contributed by atoms with Crippen LogP contribution in [0.5, 0.6) is 11.5 Å². The van der Waals surface area contributed by atoms with Crippen LogP contribution in [0.3, 0.4) is 0 Å². The summed E-state index contributed by atoms with van der Waals surface area (Å²) >= 11 is 0. The van der Waals surface area contributed by atoms with Crippen LogP contribution < -0.4 is 14.8 Å². The predicted octanol–water partition coefficient (Wildman–Crippen LogP) is 2.22. The Hall–Kier alpha value is -1.26. The van der Waals surface area contributed by atoms with Gasteiger partial charge in [0.15, 0.2) is 11.5 Å². The van der Waals surface area contributed by atoms with Crippen molar-refractivity contribution in [2.75, 3.05) is 27.4 Å². The zero-order valence-corrected chi connectivity index (χ0v) is 11.7. The molecule has 0 aliphatic carbocycles. The van der Waals surface area contributed by atoms with Crippen LogP contribution in [-0.2, 0) is 11.3 Å². The first kappa shape index (κ1) is 14.8. The summed E-state index contributed by atoms with van der Waals surface area (Å²) < 4.78 is 15.8. The molecule has 1 aromatic carbocycles. The Morgan fingerprint density at radius 3 is 2.50 bits per heavy atom. The van der Waals surface area contributed by atoms with Gasteiger partial charge in [-0.1, -0.05) is 6.07 Å². The third-order valence-electron chi connectivity index (χ3n) is 2.67. The highest BCUT2D eigenvalue weighted by Gasteiger charge is 2.06. The zero-order chi connectivity index (χ0) is 13.4. The Morgan fingerprint density at radius 2 is 1.89 bits per heavy atom. The minimum atomic E-state index is 0.332. The number of hydrogen-bond donors (Lipinski definition) is 1. The highest BCUT2D eigenvalue weighted by atomic mass is 16.5. The molecule has 0 aliphatic rings. The summed E-state index contributed by atoms with van der Waals surface area (Å²) in [4.78, 5) is 0. The average Bonchev–Trinajstić information content (AvgIpc) is 2.42. The lowest BCUT2D eigenvalue weighted by Crippen LogP contribution is -2.30. The van der Waals surface area contributed by atoms with Gasteiger partial charge in [-0.25, -0.2) is 0 Å². The van der Waals surface area contributed by atoms with Crippen LogP contribution in [-0.4, -0.2) is 33.5 Å². The van der Waals surface area contributed by atoms with E-state index in [0.29, 0.717) is 6.04 Å². The fraction of sp³-hybridized carbons (Fsp3) is 0.571. The van der Waals surface area contributed by atoms with E-state index in [2.05, 4.69) is 12.2 Å². The molecule has 0 radical (unpaired) electrons. The largest absolute Gasteiger partial charge is 0.493 e. The van der Waals surface area contributed by atoms with E-state index >= 15 is 0 Å². The Kier molecular flexibility index (Phi) is 6.54. The van der Waals surface area contributed by atoms with Gasteiger partial charge in [0.05, 0.1) is 20.8 Å². The van der Waals surface area contributed by atoms with Crippen molar-refractivity contribution in [1.82, 2.24) is 5.32 Å². The van der Waals surface area contributed by atoms with Crippen LogP contribution in [0.25, 0.3) is 0 Å². The first-order chi connectivity index (χ1) is 8.71. The lowest BCUT2D eigenvalue weighted by atomic mass is 10.2. The number of rotatable bonds is 8. The normalized spacial score (nSPS) is 12.2. The maximum Gasteiger partial charge on any atom is 0.161 e. The van der Waals surface area contributed by atoms with Gasteiger partial charge in [0.1, 0.15) is 0 Å². The molecule has 1 unspecified atom stereocenters. The quantitative estimate of drug-likeness (QED) is 0.771. The summed E-state index contributed by atoms with van der Waals surface area (Å²) in [5, 5.41) is 3.40. The monoisotopic (exact) mass is 253 g/mol. The van der Waals surface area contributed by atoms with E-state index in [4.69, 9.17) is 14.2 Å². The van der Waals surface area contributed by atoms with Crippen LogP contribution in [0.15, 0.2) is 18.2 Å². The fourth-order valence-electron chi connectivity index (χ4n) is 1.64. The van der Waals surface area contributed by atoms with E-state index in [1.54, 1.807) is 14.2 Å². The van der Waals surface area contributed by atoms with Crippen molar-refractivity contribution in [3.05, 3.63) is 23.8 Å². The van der Waals surface area contributed by atoms with Crippen molar-refractivity contribution in [2.45, 2.75) is 26.4 Å². The fourth-order valence-corrected chi connectivity index (χ4v) is 1.64. The molecule has 1 rings (SSSR count). The Labute approximate surface area is 109 Å². The summed E-state index contributed by atoms with van der Waals surface area (Å²) in [7, 11) is 3.28. The van der Waals surface area contributed by atoms with Crippen molar-refractivity contribution in [3.8, 4) is 11.5 Å². The van der Waals surface area contributed by atoms with Gasteiger partial charge < -0.3 is 19.5 Å². The molecule has 1 N–H and O–H groups in total. The molecule has 102 valence electrons. The van der Waals surface area contributed by atoms with E-state index in [0.717, 1.165) is 36.8 Å². The summed E-state index contributed by atoms with van der Waals surface area (Å²) in [6, 6.07) is 6.27. The lowest BCUT2D eigenvalue weighted by Gasteiger charge is -2.14. The topological polar surface area (TPSA) is 39.7 Å². The minimum absolute atomic E-state index is 0.332. The molecule has 0 amide bonds. The maximum absolute atomic E-state index is 5.36. The minimum Gasteiger partial charge on any atom is -0.493 e. The van der Waals surface area contributed by atoms with Gasteiger partial charge >= 0.3 is 0 Å². The molecule has 1 aromatic rings. The molecule has 4 heteroatoms. The number of methoxy groups -OCH3 is 2. The molecule has 0 fully saturated rings. The Morgan fingerprint density at radius 1 is 1.17 bits per heavy atom. The molecule has 1 atom stereocenters. The first-order valence-electron chi connectivity index (χ1n) is 6.23. The number of hydrogen-bond acceptors (Lipinski definition) is 4. The number of ether oxygens (including phenoxy) is 3. The van der Waals surface area contributed by atoms with Crippen molar-refractivity contribution in [1.29, 1.82) is 0 Å². The van der Waals surface area contributed by atoms with Crippen molar-refractivity contribution < 1.29 is 14.2 Å². The van der Waals surface area contributed by atoms with Crippen molar-refractivity contribution in [3.63, 3.8) is 0 Å². The lowest BCUT2D eigenvalue weighted by molar-refractivity contribution is 0.127. The molecule has 4 nitrogen and oxygen atoms in total. The molecule has 0 spiro atoms. The predicted molar refractivity (Wildman–Crippen MR) is 72.3 cm³/mol. The Balaban J connectivity index is 2.52. The third kappa shape index (κ3) is 4.55. The molecule has 0 aliphatic heterocycles. The summed E-state index contributed by atoms with van der Waals surface area (Å²) in [5.41, 5.74) is 1.16. The van der Waals surface area contributed by atoms with Gasteiger partial charge in [-0.2, -0.15) is 0 Å². The van der Waals surface area contributed by atoms with E-state index in [9.17, 15) is 0 Å². The van der Waals surface area contributed by atoms with E-state index in [1.807, 2.05) is 25.1 Å². The van der Waals surface area contributed by atoms with E-state index < -0.39 is 0 Å². The Bertz CT molecular complexity index is 355. The van der Waals surface area contributed by atoms with Gasteiger partial charge in [0.25, 0.3) is 0 Å². The van der Waals surface area contributed by atoms with E-state index in [-0.39, 0.29) is 0 Å². The molecule has 0 bridgehead atoms. The molecule has 0 saturated carbocycles. The second kappa shape index (κ2) is 7.95. The van der Waals surface area contributed by atoms with E-state index in [1.165, 1.54) is 0 Å². The second-order valence-electron chi connectivity index (χ2n) is 4.13. The molecular formula is C14H23NO3. The van der Waals surface area contributed by atoms with Crippen molar-refractivity contribution in [2.24, 2.45) is 0 Å². The van der Waals surface area contributed by atoms with Crippen LogP contribution in [0.4, 0.5) is 0 Å². The van der Waals surface area contributed by atoms with Crippen LogP contribution in [0, 0.1) is 0 Å². The third-order valence-corrected chi connectivity index (χ3v) is 2.67. The van der Waals surface area contributed by atoms with Gasteiger partial charge in [0, 0.05) is 19.2 Å². The molecule has 0 heterocycles. The van der Waals surface area contributed by atoms with Crippen molar-refractivity contribution >= 4 is 0 Å². The average molecular weight is 253 g/mol. The highest BCUT2D eigenvalue weighted by Crippen LogP contribution is 2.27. The maximum atomic E-state index is 5.36. The molecule has 0 aromatic heterocycles. The highest BCUT2D eigenvalue weighted by molar-refractivity contribution is 5.42. The summed E-state index contributed by atoms with van der Waals surface area (Å²) in [6.45, 7) is 6.37. The number of benzene rings is 1. The van der Waals surface area contributed by atoms with Gasteiger partial charge in [0.2, 0.25) is 0 Å². The zero-order valence-electron chi connectivity index (χ0n) is 11.7. The smallest absolute Gasteiger partial charge is 0.161 e. The summed E-state index contributed by atoms with van der Waals surface area (Å²) in [5.74, 6) is 1.51. The van der Waals surface area contributed by atoms with Crippen LogP contribution in [0.1, 0.15) is 19.4 Å². The van der Waals surface area contributed by atoms with Gasteiger partial charge in [-0.05, 0) is 31.5 Å². The summed E-state index contributed by atoms with van der Waals surface area (Å²) in [6.07, 6.45) is 0. The first-order valence-corrected chi connectivity index (χ1v) is 6.23.